The van der Waals surface area contributed by atoms with Crippen LogP contribution in [0.2, 0.25) is 0 Å². The molecule has 0 saturated heterocycles. The molecule has 0 aliphatic heterocycles. The van der Waals surface area contributed by atoms with E-state index in [1.165, 1.54) is 11.3 Å². The second-order valence-corrected chi connectivity index (χ2v) is 3.84. The molecule has 0 aliphatic rings. The molecular weight excluding hydrogens is 186 g/mol. The molecule has 0 spiro atoms. The van der Waals surface area contributed by atoms with Crippen molar-refractivity contribution in [1.82, 2.24) is 0 Å². The quantitative estimate of drug-likeness (QED) is 0.722. The number of hydrogen-bond acceptors (Lipinski definition) is 2. The van der Waals surface area contributed by atoms with Crippen molar-refractivity contribution in [1.29, 1.82) is 0 Å². The Morgan fingerprint density at radius 3 is 2.77 bits per heavy atom. The number of fused-ring (bicyclic) bond motifs is 1. The molecule has 0 saturated carbocycles. The number of carboxylic acids is 1. The van der Waals surface area contributed by atoms with Crippen molar-refractivity contribution in [3.8, 4) is 0 Å². The standard InChI is InChI=1S/C9H7NO2S/c10-8-7(9(11)12)5-3-1-2-4-6(5)13-8/h1-4H,10H2,(H,11,12)/p+1. The number of aromatic carboxylic acids is 1. The van der Waals surface area contributed by atoms with Gasteiger partial charge in [-0.15, -0.1) is 0 Å². The zero-order valence-corrected chi connectivity index (χ0v) is 7.60. The van der Waals surface area contributed by atoms with Crippen molar-refractivity contribution in [2.75, 3.05) is 0 Å². The molecule has 0 aliphatic carbocycles. The third-order valence-corrected chi connectivity index (χ3v) is 2.91. The zero-order valence-electron chi connectivity index (χ0n) is 6.78. The second kappa shape index (κ2) is 2.83. The average molecular weight is 194 g/mol. The SMILES string of the molecule is [NH3+]c1sc2ccccc2c1C(=O)O. The molecule has 0 bridgehead atoms. The van der Waals surface area contributed by atoms with E-state index in [0.29, 0.717) is 10.6 Å². The minimum absolute atomic E-state index is 0.334. The van der Waals surface area contributed by atoms with Crippen LogP contribution in [-0.4, -0.2) is 11.1 Å². The number of hydrogen-bond donors (Lipinski definition) is 2. The molecule has 4 heteroatoms. The summed E-state index contributed by atoms with van der Waals surface area (Å²) in [6.07, 6.45) is 0. The Bertz CT molecular complexity index is 475. The first kappa shape index (κ1) is 8.22. The summed E-state index contributed by atoms with van der Waals surface area (Å²) in [5, 5.41) is 10.3. The number of carboxylic acid groups (broad SMARTS) is 1. The van der Waals surface area contributed by atoms with Gasteiger partial charge in [0, 0.05) is 10.1 Å². The van der Waals surface area contributed by atoms with Gasteiger partial charge in [-0.25, -0.2) is 4.79 Å². The molecule has 66 valence electrons. The van der Waals surface area contributed by atoms with Crippen molar-refractivity contribution in [2.45, 2.75) is 0 Å². The topological polar surface area (TPSA) is 64.9 Å². The second-order valence-electron chi connectivity index (χ2n) is 2.70. The van der Waals surface area contributed by atoms with Gasteiger partial charge in [-0.05, 0) is 6.07 Å². The van der Waals surface area contributed by atoms with Crippen LogP contribution < -0.4 is 5.73 Å². The molecule has 0 fully saturated rings. The van der Waals surface area contributed by atoms with Gasteiger partial charge in [0.15, 0.2) is 5.00 Å². The number of rotatable bonds is 1. The van der Waals surface area contributed by atoms with E-state index >= 15 is 0 Å². The van der Waals surface area contributed by atoms with Gasteiger partial charge >= 0.3 is 5.97 Å². The molecule has 0 atom stereocenters. The average Bonchev–Trinajstić information content (AvgIpc) is 2.39. The summed E-state index contributed by atoms with van der Waals surface area (Å²) in [6.45, 7) is 0. The molecule has 2 rings (SSSR count). The van der Waals surface area contributed by atoms with E-state index in [0.717, 1.165) is 10.1 Å². The Kier molecular flexibility index (Phi) is 1.79. The highest BCUT2D eigenvalue weighted by Gasteiger charge is 2.17. The van der Waals surface area contributed by atoms with Gasteiger partial charge in [0.05, 0.1) is 0 Å². The first-order valence-corrected chi connectivity index (χ1v) is 4.58. The van der Waals surface area contributed by atoms with Gasteiger partial charge in [0.25, 0.3) is 0 Å². The molecular formula is C9H8NO2S+. The van der Waals surface area contributed by atoms with Crippen LogP contribution in [0.15, 0.2) is 24.3 Å². The summed E-state index contributed by atoms with van der Waals surface area (Å²) in [6, 6.07) is 7.44. The van der Waals surface area contributed by atoms with Crippen LogP contribution in [0.5, 0.6) is 0 Å². The maximum atomic E-state index is 10.9. The van der Waals surface area contributed by atoms with Crippen LogP contribution in [0.4, 0.5) is 5.00 Å². The van der Waals surface area contributed by atoms with Crippen molar-refractivity contribution >= 4 is 32.4 Å². The highest BCUT2D eigenvalue weighted by atomic mass is 32.1. The maximum absolute atomic E-state index is 10.9. The van der Waals surface area contributed by atoms with E-state index in [1.807, 2.05) is 24.3 Å². The van der Waals surface area contributed by atoms with E-state index < -0.39 is 5.97 Å². The molecule has 0 unspecified atom stereocenters. The van der Waals surface area contributed by atoms with Crippen molar-refractivity contribution in [3.05, 3.63) is 29.8 Å². The monoisotopic (exact) mass is 194 g/mol. The Morgan fingerprint density at radius 1 is 1.38 bits per heavy atom. The molecule has 13 heavy (non-hydrogen) atoms. The minimum atomic E-state index is -0.901. The lowest BCUT2D eigenvalue weighted by atomic mass is 10.2. The molecule has 0 amide bonds. The third-order valence-electron chi connectivity index (χ3n) is 1.88. The molecule has 1 aromatic heterocycles. The number of quaternary nitrogens is 1. The van der Waals surface area contributed by atoms with Crippen molar-refractivity contribution in [3.63, 3.8) is 0 Å². The molecule has 1 aromatic carbocycles. The van der Waals surface area contributed by atoms with Gasteiger partial charge in [-0.2, -0.15) is 0 Å². The fourth-order valence-electron chi connectivity index (χ4n) is 1.33. The van der Waals surface area contributed by atoms with Crippen LogP contribution in [0, 0.1) is 0 Å². The summed E-state index contributed by atoms with van der Waals surface area (Å²) in [5.74, 6) is -0.901. The smallest absolute Gasteiger partial charge is 0.343 e. The molecule has 4 N–H and O–H groups in total. The number of thiophene rings is 1. The Hall–Kier alpha value is -1.39. The molecule has 1 heterocycles. The van der Waals surface area contributed by atoms with Crippen LogP contribution in [-0.2, 0) is 0 Å². The third kappa shape index (κ3) is 1.20. The van der Waals surface area contributed by atoms with Gasteiger partial charge < -0.3 is 10.8 Å². The molecule has 2 aromatic rings. The van der Waals surface area contributed by atoms with Gasteiger partial charge in [0.2, 0.25) is 0 Å². The summed E-state index contributed by atoms with van der Waals surface area (Å²) in [4.78, 5) is 10.9. The summed E-state index contributed by atoms with van der Waals surface area (Å²) in [5.41, 5.74) is 4.05. The van der Waals surface area contributed by atoms with Crippen LogP contribution in [0.3, 0.4) is 0 Å². The molecule has 0 radical (unpaired) electrons. The Labute approximate surface area is 78.4 Å². The lowest BCUT2D eigenvalue weighted by Gasteiger charge is -1.89. The van der Waals surface area contributed by atoms with E-state index in [2.05, 4.69) is 5.73 Å². The van der Waals surface area contributed by atoms with Crippen LogP contribution in [0.25, 0.3) is 10.1 Å². The number of carbonyl (C=O) groups is 1. The van der Waals surface area contributed by atoms with Gasteiger partial charge in [-0.1, -0.05) is 29.5 Å². The highest BCUT2D eigenvalue weighted by molar-refractivity contribution is 7.22. The van der Waals surface area contributed by atoms with Crippen LogP contribution >= 0.6 is 11.3 Å². The zero-order chi connectivity index (χ0) is 9.42. The van der Waals surface area contributed by atoms with Gasteiger partial charge in [-0.3, -0.25) is 0 Å². The lowest BCUT2D eigenvalue weighted by Crippen LogP contribution is -2.40. The predicted octanol–water partition coefficient (Wildman–Crippen LogP) is 1.47. The minimum Gasteiger partial charge on any atom is -0.477 e. The van der Waals surface area contributed by atoms with Crippen molar-refractivity contribution in [2.24, 2.45) is 0 Å². The van der Waals surface area contributed by atoms with Crippen LogP contribution in [0.1, 0.15) is 10.4 Å². The molecule has 3 nitrogen and oxygen atoms in total. The predicted molar refractivity (Wildman–Crippen MR) is 51.3 cm³/mol. The first-order chi connectivity index (χ1) is 6.20. The maximum Gasteiger partial charge on any atom is 0.343 e. The summed E-state index contributed by atoms with van der Waals surface area (Å²) in [7, 11) is 0. The fourth-order valence-corrected chi connectivity index (χ4v) is 2.32. The largest absolute Gasteiger partial charge is 0.477 e. The summed E-state index contributed by atoms with van der Waals surface area (Å²) >= 11 is 1.42. The van der Waals surface area contributed by atoms with Crippen molar-refractivity contribution < 1.29 is 15.6 Å². The fraction of sp³-hybridized carbons (Fsp3) is 0. The van der Waals surface area contributed by atoms with E-state index in [-0.39, 0.29) is 0 Å². The Morgan fingerprint density at radius 2 is 2.08 bits per heavy atom. The van der Waals surface area contributed by atoms with E-state index in [9.17, 15) is 4.79 Å². The summed E-state index contributed by atoms with van der Waals surface area (Å²) < 4.78 is 0.977. The van der Waals surface area contributed by atoms with E-state index in [1.54, 1.807) is 0 Å². The van der Waals surface area contributed by atoms with Gasteiger partial charge in [0.1, 0.15) is 5.56 Å². The normalized spacial score (nSPS) is 10.5. The van der Waals surface area contributed by atoms with E-state index in [4.69, 9.17) is 5.11 Å². The number of benzene rings is 1. The first-order valence-electron chi connectivity index (χ1n) is 3.77. The Balaban J connectivity index is 2.86. The lowest BCUT2D eigenvalue weighted by molar-refractivity contribution is -0.249. The highest BCUT2D eigenvalue weighted by Crippen LogP contribution is 2.31.